The molecular weight excluding hydrogens is 204 g/mol. The number of amides is 1. The van der Waals surface area contributed by atoms with Crippen molar-refractivity contribution in [1.82, 2.24) is 14.7 Å². The van der Waals surface area contributed by atoms with Crippen LogP contribution in [0.25, 0.3) is 0 Å². The average Bonchev–Trinajstić information content (AvgIpc) is 2.56. The van der Waals surface area contributed by atoms with E-state index in [0.29, 0.717) is 11.4 Å². The normalized spacial score (nSPS) is 10.4. The van der Waals surface area contributed by atoms with Gasteiger partial charge in [0.1, 0.15) is 5.56 Å². The molecule has 1 heterocycles. The molecule has 1 rings (SSSR count). The van der Waals surface area contributed by atoms with Crippen LogP contribution < -0.4 is 5.73 Å². The second-order valence-corrected chi connectivity index (χ2v) is 3.89. The Balaban J connectivity index is 2.85. The second kappa shape index (κ2) is 5.53. The number of nitrogens with two attached hydrogens (primary N) is 1. The minimum absolute atomic E-state index is 0.0192. The summed E-state index contributed by atoms with van der Waals surface area (Å²) in [5, 5.41) is 3.98. The summed E-state index contributed by atoms with van der Waals surface area (Å²) in [6.45, 7) is 5.65. The summed E-state index contributed by atoms with van der Waals surface area (Å²) >= 11 is 0. The van der Waals surface area contributed by atoms with Gasteiger partial charge in [-0.3, -0.25) is 9.48 Å². The van der Waals surface area contributed by atoms with Crippen LogP contribution in [0.2, 0.25) is 0 Å². The van der Waals surface area contributed by atoms with Crippen molar-refractivity contribution in [3.63, 3.8) is 0 Å². The first-order chi connectivity index (χ1) is 7.60. The van der Waals surface area contributed by atoms with Gasteiger partial charge < -0.3 is 10.6 Å². The quantitative estimate of drug-likeness (QED) is 0.819. The van der Waals surface area contributed by atoms with E-state index >= 15 is 0 Å². The minimum Gasteiger partial charge on any atom is -0.382 e. The van der Waals surface area contributed by atoms with Crippen LogP contribution in [0.3, 0.4) is 0 Å². The molecule has 5 nitrogen and oxygen atoms in total. The third-order valence-corrected chi connectivity index (χ3v) is 2.36. The van der Waals surface area contributed by atoms with Gasteiger partial charge in [0.2, 0.25) is 0 Å². The lowest BCUT2D eigenvalue weighted by Crippen LogP contribution is -2.32. The number of carbonyl (C=O) groups is 1. The summed E-state index contributed by atoms with van der Waals surface area (Å²) in [6.07, 6.45) is 3.58. The van der Waals surface area contributed by atoms with Gasteiger partial charge in [-0.15, -0.1) is 0 Å². The fourth-order valence-electron chi connectivity index (χ4n) is 1.70. The molecule has 1 aromatic rings. The number of hydrogen-bond donors (Lipinski definition) is 1. The zero-order valence-electron chi connectivity index (χ0n) is 10.2. The summed E-state index contributed by atoms with van der Waals surface area (Å²) < 4.78 is 1.57. The van der Waals surface area contributed by atoms with E-state index in [9.17, 15) is 4.79 Å². The monoisotopic (exact) mass is 224 g/mol. The van der Waals surface area contributed by atoms with Gasteiger partial charge in [0, 0.05) is 26.3 Å². The Hall–Kier alpha value is -1.52. The smallest absolute Gasteiger partial charge is 0.259 e. The molecule has 0 fully saturated rings. The molecule has 1 amide bonds. The Morgan fingerprint density at radius 1 is 1.44 bits per heavy atom. The number of nitrogen functional groups attached to an aromatic ring is 1. The van der Waals surface area contributed by atoms with Crippen LogP contribution in [0, 0.1) is 0 Å². The van der Waals surface area contributed by atoms with Crippen molar-refractivity contribution in [2.24, 2.45) is 7.05 Å². The molecule has 90 valence electrons. The van der Waals surface area contributed by atoms with Gasteiger partial charge >= 0.3 is 0 Å². The third-order valence-electron chi connectivity index (χ3n) is 2.36. The van der Waals surface area contributed by atoms with Crippen LogP contribution in [0.4, 0.5) is 5.82 Å². The molecule has 0 bridgehead atoms. The Bertz CT molecular complexity index is 353. The van der Waals surface area contributed by atoms with E-state index < -0.39 is 0 Å². The van der Waals surface area contributed by atoms with E-state index in [-0.39, 0.29) is 5.91 Å². The van der Waals surface area contributed by atoms with E-state index in [1.807, 2.05) is 4.90 Å². The fraction of sp³-hybridized carbons (Fsp3) is 0.636. The van der Waals surface area contributed by atoms with Gasteiger partial charge in [0.25, 0.3) is 5.91 Å². The SMILES string of the molecule is CCCN(CCC)C(=O)c1cn(C)nc1N. The molecule has 0 radical (unpaired) electrons. The molecule has 0 aliphatic rings. The number of aromatic nitrogens is 2. The van der Waals surface area contributed by atoms with Crippen LogP contribution in [0.15, 0.2) is 6.20 Å². The van der Waals surface area contributed by atoms with Crippen LogP contribution in [0.1, 0.15) is 37.0 Å². The molecule has 0 aromatic carbocycles. The highest BCUT2D eigenvalue weighted by molar-refractivity contribution is 5.98. The average molecular weight is 224 g/mol. The number of nitrogens with zero attached hydrogens (tertiary/aromatic N) is 3. The Morgan fingerprint density at radius 2 is 2.00 bits per heavy atom. The first-order valence-electron chi connectivity index (χ1n) is 5.68. The molecule has 16 heavy (non-hydrogen) atoms. The summed E-state index contributed by atoms with van der Waals surface area (Å²) in [5.74, 6) is 0.291. The van der Waals surface area contributed by atoms with E-state index in [2.05, 4.69) is 18.9 Å². The largest absolute Gasteiger partial charge is 0.382 e. The summed E-state index contributed by atoms with van der Waals surface area (Å²) in [5.41, 5.74) is 6.20. The highest BCUT2D eigenvalue weighted by atomic mass is 16.2. The highest BCUT2D eigenvalue weighted by Crippen LogP contribution is 2.12. The van der Waals surface area contributed by atoms with Gasteiger partial charge in [-0.05, 0) is 12.8 Å². The van der Waals surface area contributed by atoms with E-state index in [0.717, 1.165) is 25.9 Å². The lowest BCUT2D eigenvalue weighted by atomic mass is 10.2. The van der Waals surface area contributed by atoms with E-state index in [4.69, 9.17) is 5.73 Å². The van der Waals surface area contributed by atoms with Crippen molar-refractivity contribution in [1.29, 1.82) is 0 Å². The molecule has 2 N–H and O–H groups in total. The van der Waals surface area contributed by atoms with E-state index in [1.165, 1.54) is 0 Å². The zero-order valence-corrected chi connectivity index (χ0v) is 10.2. The lowest BCUT2D eigenvalue weighted by molar-refractivity contribution is 0.0756. The van der Waals surface area contributed by atoms with Crippen LogP contribution in [-0.4, -0.2) is 33.7 Å². The zero-order chi connectivity index (χ0) is 12.1. The minimum atomic E-state index is -0.0192. The van der Waals surface area contributed by atoms with Gasteiger partial charge in [0.15, 0.2) is 5.82 Å². The molecule has 0 spiro atoms. The first kappa shape index (κ1) is 12.5. The number of rotatable bonds is 5. The fourth-order valence-corrected chi connectivity index (χ4v) is 1.70. The lowest BCUT2D eigenvalue weighted by Gasteiger charge is -2.20. The van der Waals surface area contributed by atoms with Crippen LogP contribution >= 0.6 is 0 Å². The number of anilines is 1. The van der Waals surface area contributed by atoms with E-state index in [1.54, 1.807) is 17.9 Å². The Labute approximate surface area is 96.2 Å². The first-order valence-corrected chi connectivity index (χ1v) is 5.68. The standard InChI is InChI=1S/C11H20N4O/c1-4-6-15(7-5-2)11(16)9-8-14(3)13-10(9)12/h8H,4-7H2,1-3H3,(H2,12,13). The van der Waals surface area contributed by atoms with Crippen molar-refractivity contribution in [3.8, 4) is 0 Å². The summed E-state index contributed by atoms with van der Waals surface area (Å²) in [7, 11) is 1.76. The molecule has 0 atom stereocenters. The summed E-state index contributed by atoms with van der Waals surface area (Å²) in [4.78, 5) is 14.0. The number of aryl methyl sites for hydroxylation is 1. The predicted molar refractivity (Wildman–Crippen MR) is 64.1 cm³/mol. The number of carbonyl (C=O) groups excluding carboxylic acids is 1. The van der Waals surface area contributed by atoms with Crippen molar-refractivity contribution in [2.45, 2.75) is 26.7 Å². The Kier molecular flexibility index (Phi) is 4.34. The molecule has 0 aliphatic carbocycles. The van der Waals surface area contributed by atoms with Crippen LogP contribution in [-0.2, 0) is 7.05 Å². The van der Waals surface area contributed by atoms with Crippen molar-refractivity contribution >= 4 is 11.7 Å². The van der Waals surface area contributed by atoms with Crippen molar-refractivity contribution < 1.29 is 4.79 Å². The molecule has 1 aromatic heterocycles. The molecular formula is C11H20N4O. The molecule has 0 unspecified atom stereocenters. The van der Waals surface area contributed by atoms with Gasteiger partial charge in [-0.1, -0.05) is 13.8 Å². The third kappa shape index (κ3) is 2.74. The molecule has 5 heteroatoms. The highest BCUT2D eigenvalue weighted by Gasteiger charge is 2.19. The topological polar surface area (TPSA) is 64.2 Å². The maximum atomic E-state index is 12.2. The van der Waals surface area contributed by atoms with Crippen molar-refractivity contribution in [2.75, 3.05) is 18.8 Å². The van der Waals surface area contributed by atoms with Gasteiger partial charge in [-0.25, -0.2) is 0 Å². The molecule has 0 aliphatic heterocycles. The maximum Gasteiger partial charge on any atom is 0.259 e. The molecule has 0 saturated heterocycles. The maximum absolute atomic E-state index is 12.2. The second-order valence-electron chi connectivity index (χ2n) is 3.89. The van der Waals surface area contributed by atoms with Crippen molar-refractivity contribution in [3.05, 3.63) is 11.8 Å². The number of hydrogen-bond acceptors (Lipinski definition) is 3. The Morgan fingerprint density at radius 3 is 2.38 bits per heavy atom. The van der Waals surface area contributed by atoms with Gasteiger partial charge in [0.05, 0.1) is 0 Å². The molecule has 0 saturated carbocycles. The summed E-state index contributed by atoms with van der Waals surface area (Å²) in [6, 6.07) is 0. The van der Waals surface area contributed by atoms with Crippen LogP contribution in [0.5, 0.6) is 0 Å². The predicted octanol–water partition coefficient (Wildman–Crippen LogP) is 1.26. The van der Waals surface area contributed by atoms with Gasteiger partial charge in [-0.2, -0.15) is 5.10 Å².